The Morgan fingerprint density at radius 1 is 1.37 bits per heavy atom. The summed E-state index contributed by atoms with van der Waals surface area (Å²) in [6.07, 6.45) is 0.103. The Bertz CT molecular complexity index is 717. The van der Waals surface area contributed by atoms with Crippen molar-refractivity contribution in [3.63, 3.8) is 0 Å². The predicted molar refractivity (Wildman–Crippen MR) is 83.4 cm³/mol. The molecule has 0 aliphatic rings. The first-order valence-corrected chi connectivity index (χ1v) is 9.26. The van der Waals surface area contributed by atoms with E-state index in [1.54, 1.807) is 13.8 Å². The van der Waals surface area contributed by atoms with Gasteiger partial charge in [0.05, 0.1) is 10.9 Å². The number of hydrogen-bond acceptors (Lipinski definition) is 4. The van der Waals surface area contributed by atoms with Crippen molar-refractivity contribution >= 4 is 47.2 Å². The summed E-state index contributed by atoms with van der Waals surface area (Å²) in [5, 5.41) is 13.2. The molecule has 1 aromatic carbocycles. The van der Waals surface area contributed by atoms with Gasteiger partial charge in [0.2, 0.25) is 0 Å². The van der Waals surface area contributed by atoms with Gasteiger partial charge in [0, 0.05) is 21.0 Å². The van der Waals surface area contributed by atoms with Crippen molar-refractivity contribution in [3.05, 3.63) is 33.6 Å². The van der Waals surface area contributed by atoms with Crippen molar-refractivity contribution in [3.8, 4) is 0 Å². The number of thiophene rings is 1. The van der Waals surface area contributed by atoms with Gasteiger partial charge in [0.25, 0.3) is 0 Å². The Morgan fingerprint density at radius 2 is 2.00 bits per heavy atom. The Hall–Kier alpha value is -0.430. The Kier molecular flexibility index (Phi) is 3.81. The standard InChI is InChI=1S/C13H15BrO3S2/c1-13(2,19(3,16)17)12(15)9-7-18-11-8(9)5-4-6-10(11)14/h4-7,12,15H,1-3H3. The summed E-state index contributed by atoms with van der Waals surface area (Å²) in [6.45, 7) is 3.10. The van der Waals surface area contributed by atoms with Crippen LogP contribution in [-0.4, -0.2) is 24.5 Å². The van der Waals surface area contributed by atoms with Crippen LogP contribution >= 0.6 is 27.3 Å². The quantitative estimate of drug-likeness (QED) is 0.908. The number of hydrogen-bond donors (Lipinski definition) is 1. The second-order valence-electron chi connectivity index (χ2n) is 5.09. The van der Waals surface area contributed by atoms with Crippen LogP contribution in [-0.2, 0) is 9.84 Å². The molecule has 3 nitrogen and oxygen atoms in total. The highest BCUT2D eigenvalue weighted by Gasteiger charge is 2.39. The molecule has 1 aromatic heterocycles. The predicted octanol–water partition coefficient (Wildman–Crippen LogP) is 3.52. The molecule has 0 fully saturated rings. The van der Waals surface area contributed by atoms with Gasteiger partial charge >= 0.3 is 0 Å². The van der Waals surface area contributed by atoms with Crippen molar-refractivity contribution in [2.24, 2.45) is 0 Å². The molecule has 0 saturated heterocycles. The highest BCUT2D eigenvalue weighted by atomic mass is 79.9. The molecule has 2 rings (SSSR count). The van der Waals surface area contributed by atoms with E-state index in [2.05, 4.69) is 15.9 Å². The molecule has 1 atom stereocenters. The normalized spacial score (nSPS) is 14.8. The SMILES string of the molecule is CC(C)(C(O)c1csc2c(Br)cccc12)S(C)(=O)=O. The third-order valence-electron chi connectivity index (χ3n) is 3.49. The summed E-state index contributed by atoms with van der Waals surface area (Å²) in [7, 11) is -3.36. The first-order valence-electron chi connectivity index (χ1n) is 5.69. The van der Waals surface area contributed by atoms with E-state index in [4.69, 9.17) is 0 Å². The zero-order chi connectivity index (χ0) is 14.4. The molecule has 0 aliphatic carbocycles. The van der Waals surface area contributed by atoms with Crippen LogP contribution in [0.25, 0.3) is 10.1 Å². The van der Waals surface area contributed by atoms with Gasteiger partial charge in [-0.25, -0.2) is 8.42 Å². The molecule has 0 amide bonds. The van der Waals surface area contributed by atoms with Crippen molar-refractivity contribution in [2.75, 3.05) is 6.26 Å². The molecular weight excluding hydrogens is 348 g/mol. The Balaban J connectivity index is 2.60. The average Bonchev–Trinajstić information content (AvgIpc) is 2.71. The first kappa shape index (κ1) is 15.0. The molecule has 0 radical (unpaired) electrons. The lowest BCUT2D eigenvalue weighted by Gasteiger charge is -2.28. The first-order chi connectivity index (χ1) is 8.66. The molecule has 1 unspecified atom stereocenters. The lowest BCUT2D eigenvalue weighted by atomic mass is 9.98. The molecule has 104 valence electrons. The number of fused-ring (bicyclic) bond motifs is 1. The second kappa shape index (κ2) is 4.84. The highest BCUT2D eigenvalue weighted by Crippen LogP contribution is 2.40. The maximum Gasteiger partial charge on any atom is 0.155 e. The summed E-state index contributed by atoms with van der Waals surface area (Å²) in [6, 6.07) is 5.70. The van der Waals surface area contributed by atoms with Crippen LogP contribution in [0.2, 0.25) is 0 Å². The maximum atomic E-state index is 11.8. The van der Waals surface area contributed by atoms with Gasteiger partial charge in [0.1, 0.15) is 0 Å². The zero-order valence-corrected chi connectivity index (χ0v) is 14.1. The van der Waals surface area contributed by atoms with E-state index in [1.165, 1.54) is 11.3 Å². The minimum Gasteiger partial charge on any atom is -0.387 e. The molecule has 6 heteroatoms. The number of aliphatic hydroxyl groups is 1. The largest absolute Gasteiger partial charge is 0.387 e. The molecule has 1 N–H and O–H groups in total. The molecule has 0 aliphatic heterocycles. The van der Waals surface area contributed by atoms with Crippen LogP contribution < -0.4 is 0 Å². The van der Waals surface area contributed by atoms with Crippen molar-refractivity contribution in [1.29, 1.82) is 0 Å². The Morgan fingerprint density at radius 3 is 2.58 bits per heavy atom. The van der Waals surface area contributed by atoms with Crippen LogP contribution in [0.1, 0.15) is 25.5 Å². The summed E-state index contributed by atoms with van der Waals surface area (Å²) < 4.78 is 24.4. The van der Waals surface area contributed by atoms with Gasteiger partial charge in [-0.1, -0.05) is 12.1 Å². The minimum absolute atomic E-state index is 0.664. The van der Waals surface area contributed by atoms with Crippen molar-refractivity contribution in [1.82, 2.24) is 0 Å². The fraction of sp³-hybridized carbons (Fsp3) is 0.385. The summed E-state index contributed by atoms with van der Waals surface area (Å²) in [4.78, 5) is 0. The van der Waals surface area contributed by atoms with E-state index in [0.29, 0.717) is 5.56 Å². The van der Waals surface area contributed by atoms with Crippen molar-refractivity contribution < 1.29 is 13.5 Å². The third-order valence-corrected chi connectivity index (χ3v) is 7.60. The van der Waals surface area contributed by atoms with Crippen molar-refractivity contribution in [2.45, 2.75) is 24.7 Å². The lowest BCUT2D eigenvalue weighted by Crippen LogP contribution is -2.37. The van der Waals surface area contributed by atoms with Gasteiger partial charge < -0.3 is 5.11 Å². The average molecular weight is 363 g/mol. The van der Waals surface area contributed by atoms with E-state index in [9.17, 15) is 13.5 Å². The van der Waals surface area contributed by atoms with E-state index >= 15 is 0 Å². The van der Waals surface area contributed by atoms with Gasteiger partial charge in [0.15, 0.2) is 9.84 Å². The number of sulfone groups is 1. The van der Waals surface area contributed by atoms with Gasteiger partial charge in [-0.15, -0.1) is 11.3 Å². The number of aliphatic hydroxyl groups excluding tert-OH is 1. The highest BCUT2D eigenvalue weighted by molar-refractivity contribution is 9.10. The number of benzene rings is 1. The minimum atomic E-state index is -3.36. The summed E-state index contributed by atoms with van der Waals surface area (Å²) in [5.41, 5.74) is 0.664. The fourth-order valence-corrected chi connectivity index (χ4v) is 4.00. The smallest absolute Gasteiger partial charge is 0.155 e. The zero-order valence-electron chi connectivity index (χ0n) is 10.8. The van der Waals surface area contributed by atoms with Gasteiger partial charge in [-0.05, 0) is 46.6 Å². The maximum absolute atomic E-state index is 11.8. The fourth-order valence-electron chi connectivity index (χ4n) is 1.83. The van der Waals surface area contributed by atoms with Gasteiger partial charge in [-0.3, -0.25) is 0 Å². The Labute approximate surface area is 125 Å². The van der Waals surface area contributed by atoms with E-state index < -0.39 is 20.7 Å². The lowest BCUT2D eigenvalue weighted by molar-refractivity contribution is 0.141. The summed E-state index contributed by atoms with van der Waals surface area (Å²) >= 11 is 4.95. The monoisotopic (exact) mass is 362 g/mol. The summed E-state index contributed by atoms with van der Waals surface area (Å²) in [5.74, 6) is 0. The van der Waals surface area contributed by atoms with E-state index in [-0.39, 0.29) is 0 Å². The molecule has 0 bridgehead atoms. The van der Waals surface area contributed by atoms with Crippen LogP contribution in [0.5, 0.6) is 0 Å². The van der Waals surface area contributed by atoms with Crippen LogP contribution in [0, 0.1) is 0 Å². The number of rotatable bonds is 3. The topological polar surface area (TPSA) is 54.4 Å². The van der Waals surface area contributed by atoms with Crippen LogP contribution in [0.15, 0.2) is 28.1 Å². The molecule has 0 spiro atoms. The molecular formula is C13H15BrO3S2. The third kappa shape index (κ3) is 2.46. The van der Waals surface area contributed by atoms with Gasteiger partial charge in [-0.2, -0.15) is 0 Å². The molecule has 2 aromatic rings. The van der Waals surface area contributed by atoms with Crippen LogP contribution in [0.3, 0.4) is 0 Å². The molecule has 19 heavy (non-hydrogen) atoms. The second-order valence-corrected chi connectivity index (χ2v) is 9.42. The molecule has 1 heterocycles. The van der Waals surface area contributed by atoms with Crippen LogP contribution in [0.4, 0.5) is 0 Å². The van der Waals surface area contributed by atoms with E-state index in [1.807, 2.05) is 23.6 Å². The number of halogens is 1. The molecule has 0 saturated carbocycles. The van der Waals surface area contributed by atoms with E-state index in [0.717, 1.165) is 20.8 Å².